The molecule has 0 spiro atoms. The van der Waals surface area contributed by atoms with Crippen molar-refractivity contribution in [1.29, 1.82) is 0 Å². The Hall–Kier alpha value is -2.51. The number of amides is 1. The van der Waals surface area contributed by atoms with Crippen molar-refractivity contribution >= 4 is 11.6 Å². The molecule has 0 N–H and O–H groups in total. The van der Waals surface area contributed by atoms with Gasteiger partial charge in [0.1, 0.15) is 18.3 Å². The van der Waals surface area contributed by atoms with Crippen LogP contribution in [-0.4, -0.2) is 43.7 Å². The van der Waals surface area contributed by atoms with E-state index in [1.54, 1.807) is 21.8 Å². The topological polar surface area (TPSA) is 86.0 Å². The maximum absolute atomic E-state index is 12.7. The van der Waals surface area contributed by atoms with E-state index >= 15 is 0 Å². The number of carbonyl (C=O) groups is 1. The molecule has 0 bridgehead atoms. The molecule has 1 atom stereocenters. The first-order valence-corrected chi connectivity index (χ1v) is 7.24. The average molecular weight is 302 g/mol. The molecule has 116 valence electrons. The second-order valence-electron chi connectivity index (χ2n) is 5.61. The SMILES string of the molecule is CC1CN(C(=O)Cn2nnnc2C(C)C)c2cccnc2O1. The van der Waals surface area contributed by atoms with Crippen LogP contribution >= 0.6 is 0 Å². The molecule has 0 aromatic carbocycles. The zero-order valence-corrected chi connectivity index (χ0v) is 12.8. The molecule has 1 aliphatic rings. The Morgan fingerprint density at radius 2 is 2.32 bits per heavy atom. The van der Waals surface area contributed by atoms with E-state index in [1.807, 2.05) is 26.8 Å². The third-order valence-electron chi connectivity index (χ3n) is 3.46. The van der Waals surface area contributed by atoms with Gasteiger partial charge in [-0.1, -0.05) is 13.8 Å². The van der Waals surface area contributed by atoms with Crippen LogP contribution < -0.4 is 9.64 Å². The van der Waals surface area contributed by atoms with Gasteiger partial charge in [-0.15, -0.1) is 5.10 Å². The van der Waals surface area contributed by atoms with Crippen LogP contribution in [0, 0.1) is 0 Å². The molecule has 8 heteroatoms. The molecule has 2 aromatic rings. The van der Waals surface area contributed by atoms with Crippen molar-refractivity contribution in [2.24, 2.45) is 0 Å². The van der Waals surface area contributed by atoms with Crippen molar-refractivity contribution in [2.45, 2.75) is 39.3 Å². The molecule has 22 heavy (non-hydrogen) atoms. The predicted octanol–water partition coefficient (Wildman–Crippen LogP) is 1.01. The Kier molecular flexibility index (Phi) is 3.74. The second-order valence-corrected chi connectivity index (χ2v) is 5.61. The van der Waals surface area contributed by atoms with Crippen molar-refractivity contribution in [3.05, 3.63) is 24.2 Å². The van der Waals surface area contributed by atoms with Crippen LogP contribution in [-0.2, 0) is 11.3 Å². The van der Waals surface area contributed by atoms with Crippen LogP contribution in [0.3, 0.4) is 0 Å². The molecule has 1 aliphatic heterocycles. The molecule has 1 amide bonds. The minimum Gasteiger partial charge on any atom is -0.471 e. The van der Waals surface area contributed by atoms with Crippen LogP contribution in [0.25, 0.3) is 0 Å². The van der Waals surface area contributed by atoms with Crippen LogP contribution in [0.2, 0.25) is 0 Å². The lowest BCUT2D eigenvalue weighted by Gasteiger charge is -2.32. The highest BCUT2D eigenvalue weighted by Crippen LogP contribution is 2.30. The zero-order chi connectivity index (χ0) is 15.7. The second kappa shape index (κ2) is 5.70. The minimum atomic E-state index is -0.107. The summed E-state index contributed by atoms with van der Waals surface area (Å²) in [4.78, 5) is 18.5. The fourth-order valence-electron chi connectivity index (χ4n) is 2.45. The predicted molar refractivity (Wildman–Crippen MR) is 78.6 cm³/mol. The first kappa shape index (κ1) is 14.4. The van der Waals surface area contributed by atoms with Gasteiger partial charge in [0.25, 0.3) is 0 Å². The van der Waals surface area contributed by atoms with Gasteiger partial charge in [-0.2, -0.15) is 0 Å². The Morgan fingerprint density at radius 3 is 3.09 bits per heavy atom. The van der Waals surface area contributed by atoms with E-state index in [0.29, 0.717) is 23.9 Å². The normalized spacial score (nSPS) is 17.3. The number of tetrazole rings is 1. The first-order valence-electron chi connectivity index (χ1n) is 7.24. The number of nitrogens with zero attached hydrogens (tertiary/aromatic N) is 6. The highest BCUT2D eigenvalue weighted by Gasteiger charge is 2.29. The first-order chi connectivity index (χ1) is 10.6. The minimum absolute atomic E-state index is 0.0846. The van der Waals surface area contributed by atoms with Crippen LogP contribution in [0.5, 0.6) is 5.88 Å². The summed E-state index contributed by atoms with van der Waals surface area (Å²) in [6.45, 7) is 6.47. The number of pyridine rings is 1. The number of fused-ring (bicyclic) bond motifs is 1. The van der Waals surface area contributed by atoms with E-state index in [2.05, 4.69) is 20.5 Å². The monoisotopic (exact) mass is 302 g/mol. The van der Waals surface area contributed by atoms with Crippen LogP contribution in [0.1, 0.15) is 32.5 Å². The van der Waals surface area contributed by atoms with Crippen LogP contribution in [0.4, 0.5) is 5.69 Å². The van der Waals surface area contributed by atoms with E-state index < -0.39 is 0 Å². The van der Waals surface area contributed by atoms with E-state index in [4.69, 9.17) is 4.74 Å². The number of ether oxygens (including phenoxy) is 1. The van der Waals surface area contributed by atoms with Gasteiger partial charge in [-0.05, 0) is 29.5 Å². The zero-order valence-electron chi connectivity index (χ0n) is 12.8. The lowest BCUT2D eigenvalue weighted by atomic mass is 10.2. The van der Waals surface area contributed by atoms with Crippen molar-refractivity contribution in [2.75, 3.05) is 11.4 Å². The van der Waals surface area contributed by atoms with E-state index in [-0.39, 0.29) is 24.5 Å². The molecule has 0 saturated heterocycles. The summed E-state index contributed by atoms with van der Waals surface area (Å²) in [6.07, 6.45) is 1.54. The van der Waals surface area contributed by atoms with Gasteiger partial charge in [0.2, 0.25) is 11.8 Å². The summed E-state index contributed by atoms with van der Waals surface area (Å²) in [5, 5.41) is 11.5. The third-order valence-corrected chi connectivity index (χ3v) is 3.46. The van der Waals surface area contributed by atoms with Gasteiger partial charge in [0, 0.05) is 12.1 Å². The van der Waals surface area contributed by atoms with Gasteiger partial charge >= 0.3 is 0 Å². The van der Waals surface area contributed by atoms with Gasteiger partial charge in [-0.3, -0.25) is 4.79 Å². The number of carbonyl (C=O) groups excluding carboxylic acids is 1. The quantitative estimate of drug-likeness (QED) is 0.841. The van der Waals surface area contributed by atoms with E-state index in [0.717, 1.165) is 0 Å². The van der Waals surface area contributed by atoms with Crippen molar-refractivity contribution in [1.82, 2.24) is 25.2 Å². The highest BCUT2D eigenvalue weighted by atomic mass is 16.5. The molecule has 0 radical (unpaired) electrons. The van der Waals surface area contributed by atoms with Gasteiger partial charge in [-0.25, -0.2) is 9.67 Å². The number of aromatic nitrogens is 5. The third kappa shape index (κ3) is 2.63. The molecule has 8 nitrogen and oxygen atoms in total. The molecule has 3 heterocycles. The highest BCUT2D eigenvalue weighted by molar-refractivity contribution is 5.94. The molecule has 0 aliphatic carbocycles. The number of anilines is 1. The summed E-state index contributed by atoms with van der Waals surface area (Å²) >= 11 is 0. The van der Waals surface area contributed by atoms with Crippen molar-refractivity contribution < 1.29 is 9.53 Å². The summed E-state index contributed by atoms with van der Waals surface area (Å²) < 4.78 is 7.20. The fraction of sp³-hybridized carbons (Fsp3) is 0.500. The Labute approximate surface area is 128 Å². The summed E-state index contributed by atoms with van der Waals surface area (Å²) in [5.41, 5.74) is 0.685. The van der Waals surface area contributed by atoms with Gasteiger partial charge < -0.3 is 9.64 Å². The lowest BCUT2D eigenvalue weighted by molar-refractivity contribution is -0.119. The molecule has 0 fully saturated rings. The maximum atomic E-state index is 12.7. The molecule has 2 aromatic heterocycles. The molecule has 0 saturated carbocycles. The Balaban J connectivity index is 1.85. The summed E-state index contributed by atoms with van der Waals surface area (Å²) in [7, 11) is 0. The largest absolute Gasteiger partial charge is 0.471 e. The van der Waals surface area contributed by atoms with Gasteiger partial charge in [0.05, 0.1) is 6.54 Å². The standard InChI is InChI=1S/C14H18N6O2/c1-9(2)13-16-17-18-20(13)8-12(21)19-7-10(3)22-14-11(19)5-4-6-15-14/h4-6,9-10H,7-8H2,1-3H3. The smallest absolute Gasteiger partial charge is 0.249 e. The van der Waals surface area contributed by atoms with Crippen LogP contribution in [0.15, 0.2) is 18.3 Å². The van der Waals surface area contributed by atoms with Crippen molar-refractivity contribution in [3.63, 3.8) is 0 Å². The number of hydrogen-bond donors (Lipinski definition) is 0. The summed E-state index contributed by atoms with van der Waals surface area (Å²) in [5.74, 6) is 1.25. The van der Waals surface area contributed by atoms with Crippen molar-refractivity contribution in [3.8, 4) is 5.88 Å². The molecule has 1 unspecified atom stereocenters. The number of hydrogen-bond acceptors (Lipinski definition) is 6. The van der Waals surface area contributed by atoms with E-state index in [1.165, 1.54) is 0 Å². The molecular formula is C14H18N6O2. The average Bonchev–Trinajstić information content (AvgIpc) is 2.94. The van der Waals surface area contributed by atoms with E-state index in [9.17, 15) is 4.79 Å². The lowest BCUT2D eigenvalue weighted by Crippen LogP contribution is -2.44. The number of rotatable bonds is 3. The Morgan fingerprint density at radius 1 is 1.50 bits per heavy atom. The fourth-order valence-corrected chi connectivity index (χ4v) is 2.45. The van der Waals surface area contributed by atoms with Gasteiger partial charge in [0.15, 0.2) is 5.82 Å². The summed E-state index contributed by atoms with van der Waals surface area (Å²) in [6, 6.07) is 3.62. The maximum Gasteiger partial charge on any atom is 0.249 e. The molecular weight excluding hydrogens is 284 g/mol. The molecule has 3 rings (SSSR count). The Bertz CT molecular complexity index is 683.